The number of methoxy groups -OCH3 is 1. The van der Waals surface area contributed by atoms with Gasteiger partial charge in [0.05, 0.1) is 26.4 Å². The summed E-state index contributed by atoms with van der Waals surface area (Å²) >= 11 is 0. The van der Waals surface area contributed by atoms with Crippen LogP contribution in [-0.4, -0.2) is 38.0 Å². The third-order valence-corrected chi connectivity index (χ3v) is 3.40. The van der Waals surface area contributed by atoms with Crippen molar-refractivity contribution < 1.29 is 23.7 Å². The van der Waals surface area contributed by atoms with E-state index in [0.717, 1.165) is 17.6 Å². The van der Waals surface area contributed by atoms with Gasteiger partial charge in [0.25, 0.3) is 0 Å². The average Bonchev–Trinajstić information content (AvgIpc) is 2.84. The maximum atomic E-state index is 10.8. The zero-order valence-electron chi connectivity index (χ0n) is 12.7. The summed E-state index contributed by atoms with van der Waals surface area (Å²) in [6, 6.07) is 7.64. The van der Waals surface area contributed by atoms with Gasteiger partial charge in [0.2, 0.25) is 0 Å². The van der Waals surface area contributed by atoms with E-state index in [1.165, 1.54) is 0 Å². The van der Waals surface area contributed by atoms with E-state index in [0.29, 0.717) is 19.6 Å². The van der Waals surface area contributed by atoms with Crippen LogP contribution in [0.5, 0.6) is 5.75 Å². The van der Waals surface area contributed by atoms with E-state index >= 15 is 0 Å². The molecule has 1 saturated heterocycles. The minimum atomic E-state index is -0.616. The summed E-state index contributed by atoms with van der Waals surface area (Å²) < 4.78 is 22.2. The second kappa shape index (κ2) is 7.02. The van der Waals surface area contributed by atoms with Crippen molar-refractivity contribution in [1.82, 2.24) is 0 Å². The highest BCUT2D eigenvalue weighted by Crippen LogP contribution is 2.26. The summed E-state index contributed by atoms with van der Waals surface area (Å²) in [7, 11) is 1.63. The minimum Gasteiger partial charge on any atom is -0.497 e. The van der Waals surface area contributed by atoms with Gasteiger partial charge in [0.1, 0.15) is 18.1 Å². The molecule has 1 fully saturated rings. The Balaban J connectivity index is 1.91. The third kappa shape index (κ3) is 4.52. The molecule has 0 bridgehead atoms. The van der Waals surface area contributed by atoms with E-state index in [-0.39, 0.29) is 12.2 Å². The quantitative estimate of drug-likeness (QED) is 0.722. The predicted octanol–water partition coefficient (Wildman–Crippen LogP) is 2.32. The number of hydrogen-bond acceptors (Lipinski definition) is 5. The molecule has 1 aromatic rings. The predicted molar refractivity (Wildman–Crippen MR) is 77.2 cm³/mol. The van der Waals surface area contributed by atoms with Gasteiger partial charge in [-0.3, -0.25) is 0 Å². The van der Waals surface area contributed by atoms with Crippen molar-refractivity contribution in [3.63, 3.8) is 0 Å². The molecule has 116 valence electrons. The maximum Gasteiger partial charge on any atom is 0.163 e. The van der Waals surface area contributed by atoms with E-state index < -0.39 is 5.79 Å². The zero-order chi connectivity index (χ0) is 15.3. The summed E-state index contributed by atoms with van der Waals surface area (Å²) in [6.07, 6.45) is 0.628. The van der Waals surface area contributed by atoms with Crippen molar-refractivity contribution in [2.45, 2.75) is 44.9 Å². The van der Waals surface area contributed by atoms with Crippen molar-refractivity contribution in [2.24, 2.45) is 0 Å². The van der Waals surface area contributed by atoms with Crippen LogP contribution in [-0.2, 0) is 25.6 Å². The van der Waals surface area contributed by atoms with Gasteiger partial charge in [-0.05, 0) is 31.5 Å². The molecule has 5 heteroatoms. The molecule has 1 aromatic carbocycles. The Morgan fingerprint density at radius 3 is 2.62 bits per heavy atom. The van der Waals surface area contributed by atoms with Gasteiger partial charge in [0.15, 0.2) is 5.79 Å². The lowest BCUT2D eigenvalue weighted by atomic mass is 10.1. The molecule has 1 heterocycles. The van der Waals surface area contributed by atoms with Gasteiger partial charge >= 0.3 is 0 Å². The number of carbonyl (C=O) groups excluding carboxylic acids is 1. The van der Waals surface area contributed by atoms with Crippen molar-refractivity contribution in [1.29, 1.82) is 0 Å². The second-order valence-corrected chi connectivity index (χ2v) is 5.47. The van der Waals surface area contributed by atoms with Gasteiger partial charge in [-0.1, -0.05) is 12.1 Å². The minimum absolute atomic E-state index is 0.219. The number of hydrogen-bond donors (Lipinski definition) is 0. The summed E-state index contributed by atoms with van der Waals surface area (Å²) in [5, 5.41) is 0. The van der Waals surface area contributed by atoms with Crippen LogP contribution in [0.3, 0.4) is 0 Å². The Morgan fingerprint density at radius 2 is 2.10 bits per heavy atom. The van der Waals surface area contributed by atoms with Crippen molar-refractivity contribution in [2.75, 3.05) is 13.7 Å². The van der Waals surface area contributed by atoms with Gasteiger partial charge in [-0.25, -0.2) is 0 Å². The van der Waals surface area contributed by atoms with E-state index in [1.54, 1.807) is 7.11 Å². The Hall–Kier alpha value is -1.43. The standard InChI is InChI=1S/C16H22O5/c1-16(2)20-11-15(21-16)14(8-9-17)19-10-12-4-6-13(18-3)7-5-12/h4-7,9,14-15H,8,10-11H2,1-3H3/t14-,15+/m0/s1. The fourth-order valence-corrected chi connectivity index (χ4v) is 2.25. The molecule has 1 aliphatic rings. The van der Waals surface area contributed by atoms with Crippen molar-refractivity contribution in [3.05, 3.63) is 29.8 Å². The highest BCUT2D eigenvalue weighted by molar-refractivity contribution is 5.50. The molecule has 2 atom stereocenters. The van der Waals surface area contributed by atoms with Crippen LogP contribution in [0.1, 0.15) is 25.8 Å². The smallest absolute Gasteiger partial charge is 0.163 e. The molecule has 1 aliphatic heterocycles. The summed E-state index contributed by atoms with van der Waals surface area (Å²) in [6.45, 7) is 4.57. The summed E-state index contributed by atoms with van der Waals surface area (Å²) in [5.41, 5.74) is 1.02. The SMILES string of the molecule is COc1ccc(CO[C@@H](CC=O)[C@H]2COC(C)(C)O2)cc1. The van der Waals surface area contributed by atoms with E-state index in [1.807, 2.05) is 38.1 Å². The molecule has 0 aromatic heterocycles. The molecule has 0 aliphatic carbocycles. The van der Waals surface area contributed by atoms with Crippen molar-refractivity contribution >= 4 is 6.29 Å². The molecule has 0 amide bonds. The topological polar surface area (TPSA) is 54.0 Å². The average molecular weight is 294 g/mol. The van der Waals surface area contributed by atoms with Gasteiger partial charge in [-0.15, -0.1) is 0 Å². The molecular weight excluding hydrogens is 272 g/mol. The maximum absolute atomic E-state index is 10.8. The monoisotopic (exact) mass is 294 g/mol. The van der Waals surface area contributed by atoms with Gasteiger partial charge in [0, 0.05) is 6.42 Å². The number of carbonyl (C=O) groups is 1. The van der Waals surface area contributed by atoms with Crippen LogP contribution in [0.4, 0.5) is 0 Å². The first kappa shape index (κ1) is 15.9. The second-order valence-electron chi connectivity index (χ2n) is 5.47. The van der Waals surface area contributed by atoms with Crippen molar-refractivity contribution in [3.8, 4) is 5.75 Å². The van der Waals surface area contributed by atoms with E-state index in [2.05, 4.69) is 0 Å². The van der Waals surface area contributed by atoms with Crippen LogP contribution in [0.2, 0.25) is 0 Å². The van der Waals surface area contributed by atoms with Crippen LogP contribution < -0.4 is 4.74 Å². The van der Waals surface area contributed by atoms with Crippen LogP contribution in [0.25, 0.3) is 0 Å². The Bertz CT molecular complexity index is 454. The van der Waals surface area contributed by atoms with Gasteiger partial charge in [-0.2, -0.15) is 0 Å². The number of rotatable bonds is 7. The lowest BCUT2D eigenvalue weighted by molar-refractivity contribution is -0.159. The molecule has 0 unspecified atom stereocenters. The summed E-state index contributed by atoms with van der Waals surface area (Å²) in [4.78, 5) is 10.8. The molecular formula is C16H22O5. The molecule has 0 N–H and O–H groups in total. The Labute approximate surface area is 125 Å². The molecule has 0 radical (unpaired) electrons. The van der Waals surface area contributed by atoms with Gasteiger partial charge < -0.3 is 23.7 Å². The summed E-state index contributed by atoms with van der Waals surface area (Å²) in [5.74, 6) is 0.187. The number of ether oxygens (including phenoxy) is 4. The van der Waals surface area contributed by atoms with Crippen LogP contribution in [0, 0.1) is 0 Å². The molecule has 21 heavy (non-hydrogen) atoms. The fraction of sp³-hybridized carbons (Fsp3) is 0.562. The molecule has 5 nitrogen and oxygen atoms in total. The molecule has 2 rings (SSSR count). The Kier molecular flexibility index (Phi) is 5.33. The fourth-order valence-electron chi connectivity index (χ4n) is 2.25. The first-order chi connectivity index (χ1) is 10.0. The van der Waals surface area contributed by atoms with E-state index in [4.69, 9.17) is 18.9 Å². The van der Waals surface area contributed by atoms with Crippen LogP contribution >= 0.6 is 0 Å². The van der Waals surface area contributed by atoms with Crippen LogP contribution in [0.15, 0.2) is 24.3 Å². The highest BCUT2D eigenvalue weighted by Gasteiger charge is 2.37. The lowest BCUT2D eigenvalue weighted by Gasteiger charge is -2.23. The Morgan fingerprint density at radius 1 is 1.38 bits per heavy atom. The molecule has 0 saturated carbocycles. The normalized spacial score (nSPS) is 22.0. The first-order valence-electron chi connectivity index (χ1n) is 7.04. The van der Waals surface area contributed by atoms with E-state index in [9.17, 15) is 4.79 Å². The lowest BCUT2D eigenvalue weighted by Crippen LogP contribution is -2.33. The number of benzene rings is 1. The molecule has 0 spiro atoms. The third-order valence-electron chi connectivity index (χ3n) is 3.40. The first-order valence-corrected chi connectivity index (χ1v) is 7.04. The number of aldehydes is 1. The largest absolute Gasteiger partial charge is 0.497 e. The zero-order valence-corrected chi connectivity index (χ0v) is 12.7. The highest BCUT2D eigenvalue weighted by atomic mass is 16.7.